The van der Waals surface area contributed by atoms with Crippen molar-refractivity contribution in [2.24, 2.45) is 5.92 Å². The molecule has 0 radical (unpaired) electrons. The van der Waals surface area contributed by atoms with Crippen LogP contribution in [0, 0.1) is 5.92 Å². The second kappa shape index (κ2) is 10.2. The fraction of sp³-hybridized carbons (Fsp3) is 0.423. The molecule has 0 N–H and O–H groups in total. The van der Waals surface area contributed by atoms with Crippen molar-refractivity contribution in [2.75, 3.05) is 6.61 Å². The summed E-state index contributed by atoms with van der Waals surface area (Å²) in [6.07, 6.45) is 2.79. The molecule has 0 amide bonds. The third kappa shape index (κ3) is 5.77. The molecule has 29 heavy (non-hydrogen) atoms. The molecule has 2 aromatic carbocycles. The molecule has 2 nitrogen and oxygen atoms in total. The van der Waals surface area contributed by atoms with Gasteiger partial charge in [0.1, 0.15) is 0 Å². The summed E-state index contributed by atoms with van der Waals surface area (Å²) in [5, 5.41) is 2.64. The maximum absolute atomic E-state index is 11.4. The van der Waals surface area contributed by atoms with Gasteiger partial charge in [0.2, 0.25) is 0 Å². The molecule has 2 rings (SSSR count). The lowest BCUT2D eigenvalue weighted by Gasteiger charge is -2.43. The van der Waals surface area contributed by atoms with Crippen molar-refractivity contribution in [3.8, 4) is 0 Å². The Morgan fingerprint density at radius 3 is 1.90 bits per heavy atom. The monoisotopic (exact) mass is 408 g/mol. The Kier molecular flexibility index (Phi) is 8.18. The normalized spacial score (nSPS) is 13.1. The second-order valence-electron chi connectivity index (χ2n) is 9.12. The summed E-state index contributed by atoms with van der Waals surface area (Å²) >= 11 is 0. The minimum Gasteiger partial charge on any atom is -0.407 e. The van der Waals surface area contributed by atoms with Gasteiger partial charge in [0.15, 0.2) is 5.78 Å². The highest BCUT2D eigenvalue weighted by Crippen LogP contribution is 2.36. The first-order valence-corrected chi connectivity index (χ1v) is 12.5. The van der Waals surface area contributed by atoms with E-state index in [4.69, 9.17) is 4.43 Å². The number of hydrogen-bond acceptors (Lipinski definition) is 2. The number of hydrogen-bond donors (Lipinski definition) is 0. The zero-order chi connectivity index (χ0) is 21.5. The smallest absolute Gasteiger partial charge is 0.261 e. The van der Waals surface area contributed by atoms with Gasteiger partial charge in [0, 0.05) is 6.61 Å². The fourth-order valence-electron chi connectivity index (χ4n) is 4.09. The summed E-state index contributed by atoms with van der Waals surface area (Å²) in [5.74, 6) is 0.537. The van der Waals surface area contributed by atoms with Crippen LogP contribution in [0.4, 0.5) is 0 Å². The Bertz CT molecular complexity index is 751. The largest absolute Gasteiger partial charge is 0.407 e. The Labute approximate surface area is 178 Å². The standard InChI is InChI=1S/C26H36O2Si/c1-21(20-22(2)23(3)27)14-13-19-28-29(26(4,5)6,24-15-9-7-10-16-24)25-17-11-8-12-18-25/h7-12,15-18,21H,2,13-14,19-20H2,1,3-6H3/t21-/m0/s1. The molecule has 0 aliphatic heterocycles. The third-order valence-electron chi connectivity index (χ3n) is 5.67. The molecular formula is C26H36O2Si. The molecule has 1 atom stereocenters. The molecule has 0 fully saturated rings. The van der Waals surface area contributed by atoms with Crippen molar-refractivity contribution in [3.05, 3.63) is 72.8 Å². The lowest BCUT2D eigenvalue weighted by atomic mass is 9.96. The van der Waals surface area contributed by atoms with Gasteiger partial charge in [0.25, 0.3) is 8.32 Å². The van der Waals surface area contributed by atoms with Crippen LogP contribution in [0.3, 0.4) is 0 Å². The van der Waals surface area contributed by atoms with E-state index in [0.29, 0.717) is 5.92 Å². The molecule has 0 saturated carbocycles. The molecule has 0 spiro atoms. The number of benzene rings is 2. The molecule has 0 aliphatic rings. The molecule has 0 aliphatic carbocycles. The minimum atomic E-state index is -2.44. The number of allylic oxidation sites excluding steroid dienone is 1. The summed E-state index contributed by atoms with van der Waals surface area (Å²) in [5.41, 5.74) is 0.727. The van der Waals surface area contributed by atoms with E-state index in [1.807, 2.05) is 0 Å². The first kappa shape index (κ1) is 23.3. The average Bonchev–Trinajstić information content (AvgIpc) is 2.68. The quantitative estimate of drug-likeness (QED) is 0.294. The molecule has 0 aromatic heterocycles. The lowest BCUT2D eigenvalue weighted by Crippen LogP contribution is -2.66. The second-order valence-corrected chi connectivity index (χ2v) is 13.4. The van der Waals surface area contributed by atoms with E-state index in [1.165, 1.54) is 10.4 Å². The van der Waals surface area contributed by atoms with Crippen LogP contribution in [0.2, 0.25) is 5.04 Å². The van der Waals surface area contributed by atoms with E-state index in [9.17, 15) is 4.79 Å². The molecular weight excluding hydrogens is 372 g/mol. The summed E-state index contributed by atoms with van der Waals surface area (Å²) in [6, 6.07) is 21.5. The summed E-state index contributed by atoms with van der Waals surface area (Å²) in [7, 11) is -2.44. The Hall–Kier alpha value is -1.97. The number of Topliss-reactive ketones (excluding diaryl/α,β-unsaturated/α-hetero) is 1. The maximum Gasteiger partial charge on any atom is 0.261 e. The first-order chi connectivity index (χ1) is 13.7. The zero-order valence-electron chi connectivity index (χ0n) is 18.7. The van der Waals surface area contributed by atoms with Gasteiger partial charge in [-0.3, -0.25) is 4.79 Å². The molecule has 3 heteroatoms. The van der Waals surface area contributed by atoms with Gasteiger partial charge in [0.05, 0.1) is 0 Å². The number of carbonyl (C=O) groups is 1. The number of ketones is 1. The van der Waals surface area contributed by atoms with Crippen molar-refractivity contribution in [1.29, 1.82) is 0 Å². The van der Waals surface area contributed by atoms with Crippen molar-refractivity contribution >= 4 is 24.5 Å². The predicted octanol–water partition coefficient (Wildman–Crippen LogP) is 5.51. The topological polar surface area (TPSA) is 26.3 Å². The number of rotatable bonds is 10. The van der Waals surface area contributed by atoms with Crippen LogP contribution in [0.15, 0.2) is 72.8 Å². The minimum absolute atomic E-state index is 0.00420. The van der Waals surface area contributed by atoms with Gasteiger partial charge < -0.3 is 4.43 Å². The summed E-state index contributed by atoms with van der Waals surface area (Å²) in [6.45, 7) is 15.3. The highest BCUT2D eigenvalue weighted by molar-refractivity contribution is 6.99. The summed E-state index contributed by atoms with van der Waals surface area (Å²) < 4.78 is 6.92. The zero-order valence-corrected chi connectivity index (χ0v) is 19.7. The first-order valence-electron chi connectivity index (χ1n) is 10.6. The van der Waals surface area contributed by atoms with Crippen LogP contribution in [0.5, 0.6) is 0 Å². The van der Waals surface area contributed by atoms with E-state index in [-0.39, 0.29) is 10.8 Å². The highest BCUT2D eigenvalue weighted by Gasteiger charge is 2.49. The molecule has 0 unspecified atom stereocenters. The van der Waals surface area contributed by atoms with Crippen LogP contribution in [-0.4, -0.2) is 20.7 Å². The van der Waals surface area contributed by atoms with Gasteiger partial charge in [-0.05, 0) is 53.1 Å². The van der Waals surface area contributed by atoms with E-state index in [0.717, 1.165) is 31.4 Å². The molecule has 2 aromatic rings. The van der Waals surface area contributed by atoms with E-state index < -0.39 is 8.32 Å². The Morgan fingerprint density at radius 1 is 1.00 bits per heavy atom. The highest BCUT2D eigenvalue weighted by atomic mass is 28.4. The molecule has 0 bridgehead atoms. The number of carbonyl (C=O) groups excluding carboxylic acids is 1. The Morgan fingerprint density at radius 2 is 1.48 bits per heavy atom. The van der Waals surface area contributed by atoms with E-state index in [1.54, 1.807) is 6.92 Å². The van der Waals surface area contributed by atoms with Gasteiger partial charge in [-0.25, -0.2) is 0 Å². The van der Waals surface area contributed by atoms with Crippen molar-refractivity contribution < 1.29 is 9.22 Å². The van der Waals surface area contributed by atoms with Crippen LogP contribution in [-0.2, 0) is 9.22 Å². The molecule has 156 valence electrons. The molecule has 0 saturated heterocycles. The average molecular weight is 409 g/mol. The fourth-order valence-corrected chi connectivity index (χ4v) is 8.69. The van der Waals surface area contributed by atoms with Gasteiger partial charge in [-0.1, -0.05) is 94.9 Å². The third-order valence-corrected chi connectivity index (χ3v) is 10.7. The van der Waals surface area contributed by atoms with Crippen LogP contribution in [0.25, 0.3) is 0 Å². The SMILES string of the molecule is C=C(C[C@@H](C)CCCO[Si](c1ccccc1)(c1ccccc1)C(C)(C)C)C(C)=O. The molecule has 0 heterocycles. The lowest BCUT2D eigenvalue weighted by molar-refractivity contribution is -0.113. The van der Waals surface area contributed by atoms with Gasteiger partial charge >= 0.3 is 0 Å². The van der Waals surface area contributed by atoms with Crippen LogP contribution in [0.1, 0.15) is 53.9 Å². The Balaban J connectivity index is 2.21. The predicted molar refractivity (Wildman–Crippen MR) is 126 cm³/mol. The van der Waals surface area contributed by atoms with E-state index in [2.05, 4.69) is 94.9 Å². The van der Waals surface area contributed by atoms with Crippen molar-refractivity contribution in [1.82, 2.24) is 0 Å². The van der Waals surface area contributed by atoms with Crippen molar-refractivity contribution in [3.63, 3.8) is 0 Å². The summed E-state index contributed by atoms with van der Waals surface area (Å²) in [4.78, 5) is 11.4. The maximum atomic E-state index is 11.4. The van der Waals surface area contributed by atoms with Gasteiger partial charge in [-0.2, -0.15) is 0 Å². The van der Waals surface area contributed by atoms with Gasteiger partial charge in [-0.15, -0.1) is 0 Å². The van der Waals surface area contributed by atoms with Crippen molar-refractivity contribution in [2.45, 2.75) is 58.9 Å². The van der Waals surface area contributed by atoms with Crippen LogP contribution >= 0.6 is 0 Å². The van der Waals surface area contributed by atoms with Crippen LogP contribution < -0.4 is 10.4 Å². The van der Waals surface area contributed by atoms with E-state index >= 15 is 0 Å².